The van der Waals surface area contributed by atoms with Crippen molar-refractivity contribution in [2.24, 2.45) is 0 Å². The third kappa shape index (κ3) is 0.859. The standard InChI is InChI=1S/C7H10N2O2/c10-8-5-9(11)7-4-2-1-3-6(7)8/h5,10H,1-4H2. The normalized spacial score (nSPS) is 16.4. The van der Waals surface area contributed by atoms with E-state index in [1.54, 1.807) is 0 Å². The lowest BCUT2D eigenvalue weighted by atomic mass is 10.0. The van der Waals surface area contributed by atoms with Gasteiger partial charge in [0, 0.05) is 12.8 Å². The third-order valence-corrected chi connectivity index (χ3v) is 2.17. The second-order valence-electron chi connectivity index (χ2n) is 2.89. The molecular weight excluding hydrogens is 144 g/mol. The highest BCUT2D eigenvalue weighted by atomic mass is 16.5. The van der Waals surface area contributed by atoms with Crippen LogP contribution in [0.4, 0.5) is 0 Å². The summed E-state index contributed by atoms with van der Waals surface area (Å²) in [6.07, 6.45) is 4.92. The number of hydrogen-bond acceptors (Lipinski definition) is 2. The number of fused-ring (bicyclic) bond motifs is 1. The summed E-state index contributed by atoms with van der Waals surface area (Å²) in [6, 6.07) is 0. The summed E-state index contributed by atoms with van der Waals surface area (Å²) < 4.78 is 1.70. The van der Waals surface area contributed by atoms with Crippen molar-refractivity contribution >= 4 is 0 Å². The van der Waals surface area contributed by atoms with Gasteiger partial charge in [0.2, 0.25) is 0 Å². The minimum absolute atomic E-state index is 0.735. The second-order valence-corrected chi connectivity index (χ2v) is 2.89. The lowest BCUT2D eigenvalue weighted by Gasteiger charge is -2.08. The fourth-order valence-electron chi connectivity index (χ4n) is 1.60. The quantitative estimate of drug-likeness (QED) is 0.330. The van der Waals surface area contributed by atoms with Crippen molar-refractivity contribution in [2.75, 3.05) is 0 Å². The Morgan fingerprint density at radius 2 is 2.18 bits per heavy atom. The highest BCUT2D eigenvalue weighted by Crippen LogP contribution is 2.16. The van der Waals surface area contributed by atoms with Crippen molar-refractivity contribution in [3.63, 3.8) is 0 Å². The van der Waals surface area contributed by atoms with Crippen LogP contribution in [0.3, 0.4) is 0 Å². The molecule has 1 heterocycles. The Morgan fingerprint density at radius 3 is 2.91 bits per heavy atom. The first-order valence-corrected chi connectivity index (χ1v) is 3.80. The summed E-state index contributed by atoms with van der Waals surface area (Å²) in [5, 5.41) is 20.2. The van der Waals surface area contributed by atoms with E-state index in [1.807, 2.05) is 0 Å². The van der Waals surface area contributed by atoms with Gasteiger partial charge in [-0.05, 0) is 12.8 Å². The van der Waals surface area contributed by atoms with Crippen LogP contribution < -0.4 is 4.73 Å². The molecule has 0 amide bonds. The molecule has 1 aliphatic rings. The molecule has 0 unspecified atom stereocenters. The largest absolute Gasteiger partial charge is 0.711 e. The average Bonchev–Trinajstić information content (AvgIpc) is 2.30. The minimum atomic E-state index is 0.735. The molecule has 0 fully saturated rings. The van der Waals surface area contributed by atoms with Crippen LogP contribution in [0.1, 0.15) is 24.2 Å². The topological polar surface area (TPSA) is 52.1 Å². The maximum atomic E-state index is 11.0. The summed E-state index contributed by atoms with van der Waals surface area (Å²) in [4.78, 5) is 0. The molecule has 1 aromatic rings. The lowest BCUT2D eigenvalue weighted by molar-refractivity contribution is -0.614. The van der Waals surface area contributed by atoms with Gasteiger partial charge in [-0.3, -0.25) is 0 Å². The molecule has 0 atom stereocenters. The lowest BCUT2D eigenvalue weighted by Crippen LogP contribution is -2.29. The number of imidazole rings is 1. The van der Waals surface area contributed by atoms with E-state index in [0.717, 1.165) is 46.5 Å². The molecule has 4 nitrogen and oxygen atoms in total. The van der Waals surface area contributed by atoms with Gasteiger partial charge in [0.25, 0.3) is 6.33 Å². The van der Waals surface area contributed by atoms with Gasteiger partial charge < -0.3 is 10.4 Å². The monoisotopic (exact) mass is 154 g/mol. The Bertz CT molecular complexity index is 254. The van der Waals surface area contributed by atoms with Crippen LogP contribution >= 0.6 is 0 Å². The maximum Gasteiger partial charge on any atom is 0.287 e. The summed E-state index contributed by atoms with van der Waals surface area (Å²) in [5.74, 6) is 0. The second kappa shape index (κ2) is 2.15. The van der Waals surface area contributed by atoms with Crippen LogP contribution in [0.5, 0.6) is 0 Å². The fraction of sp³-hybridized carbons (Fsp3) is 0.571. The zero-order valence-electron chi connectivity index (χ0n) is 6.16. The van der Waals surface area contributed by atoms with Crippen LogP contribution in [0.15, 0.2) is 6.33 Å². The first-order valence-electron chi connectivity index (χ1n) is 3.80. The molecule has 0 radical (unpaired) electrons. The highest BCUT2D eigenvalue weighted by Gasteiger charge is 2.22. The molecule has 4 heteroatoms. The number of rotatable bonds is 0. The molecule has 0 aromatic carbocycles. The minimum Gasteiger partial charge on any atom is -0.711 e. The van der Waals surface area contributed by atoms with Crippen molar-refractivity contribution in [1.29, 1.82) is 0 Å². The predicted octanol–water partition coefficient (Wildman–Crippen LogP) is 0.238. The average molecular weight is 154 g/mol. The molecule has 1 aromatic heterocycles. The molecule has 0 spiro atoms. The van der Waals surface area contributed by atoms with Crippen molar-refractivity contribution < 1.29 is 9.94 Å². The van der Waals surface area contributed by atoms with Gasteiger partial charge in [0.15, 0.2) is 11.4 Å². The van der Waals surface area contributed by atoms with Crippen molar-refractivity contribution in [2.45, 2.75) is 25.7 Å². The van der Waals surface area contributed by atoms with E-state index in [9.17, 15) is 10.4 Å². The molecule has 1 N–H and O–H groups in total. The van der Waals surface area contributed by atoms with E-state index in [2.05, 4.69) is 0 Å². The van der Waals surface area contributed by atoms with Crippen LogP contribution in [-0.4, -0.2) is 9.94 Å². The summed E-state index contributed by atoms with van der Waals surface area (Å²) in [5.41, 5.74) is 1.52. The first kappa shape index (κ1) is 6.52. The SMILES string of the molecule is [O-][n+]1cn(O)c2c1CCCC2. The van der Waals surface area contributed by atoms with Gasteiger partial charge in [0.1, 0.15) is 0 Å². The molecule has 0 aliphatic heterocycles. The van der Waals surface area contributed by atoms with Gasteiger partial charge in [0.05, 0.1) is 0 Å². The molecule has 11 heavy (non-hydrogen) atoms. The van der Waals surface area contributed by atoms with Gasteiger partial charge in [-0.15, -0.1) is 0 Å². The van der Waals surface area contributed by atoms with Gasteiger partial charge >= 0.3 is 0 Å². The molecule has 0 saturated heterocycles. The Kier molecular flexibility index (Phi) is 1.27. The van der Waals surface area contributed by atoms with Crippen molar-refractivity contribution in [3.05, 3.63) is 22.9 Å². The summed E-state index contributed by atoms with van der Waals surface area (Å²) >= 11 is 0. The number of aromatic nitrogens is 2. The van der Waals surface area contributed by atoms with Gasteiger partial charge in [-0.25, -0.2) is 4.73 Å². The molecule has 1 aliphatic carbocycles. The molecule has 2 rings (SSSR count). The molecule has 0 bridgehead atoms. The smallest absolute Gasteiger partial charge is 0.287 e. The highest BCUT2D eigenvalue weighted by molar-refractivity contribution is 5.10. The van der Waals surface area contributed by atoms with Crippen LogP contribution in [-0.2, 0) is 12.8 Å². The summed E-state index contributed by atoms with van der Waals surface area (Å²) in [7, 11) is 0. The van der Waals surface area contributed by atoms with E-state index < -0.39 is 0 Å². The molecule has 0 saturated carbocycles. The Balaban J connectivity index is 2.52. The predicted molar refractivity (Wildman–Crippen MR) is 37.2 cm³/mol. The van der Waals surface area contributed by atoms with Crippen LogP contribution in [0.25, 0.3) is 0 Å². The number of hydrogen-bond donors (Lipinski definition) is 1. The fourth-order valence-corrected chi connectivity index (χ4v) is 1.60. The van der Waals surface area contributed by atoms with E-state index in [4.69, 9.17) is 0 Å². The van der Waals surface area contributed by atoms with E-state index in [1.165, 1.54) is 6.33 Å². The zero-order valence-corrected chi connectivity index (χ0v) is 6.16. The van der Waals surface area contributed by atoms with E-state index >= 15 is 0 Å². The molecule has 60 valence electrons. The molecular formula is C7H10N2O2. The Morgan fingerprint density at radius 1 is 1.45 bits per heavy atom. The first-order chi connectivity index (χ1) is 5.29. The maximum absolute atomic E-state index is 11.0. The zero-order chi connectivity index (χ0) is 7.84. The van der Waals surface area contributed by atoms with Gasteiger partial charge in [-0.1, -0.05) is 4.73 Å². The van der Waals surface area contributed by atoms with Gasteiger partial charge in [-0.2, -0.15) is 0 Å². The Hall–Kier alpha value is -1.19. The van der Waals surface area contributed by atoms with E-state index in [0.29, 0.717) is 0 Å². The Labute approximate surface area is 64.2 Å². The van der Waals surface area contributed by atoms with Crippen LogP contribution in [0.2, 0.25) is 0 Å². The van der Waals surface area contributed by atoms with Crippen molar-refractivity contribution in [1.82, 2.24) is 4.73 Å². The van der Waals surface area contributed by atoms with Crippen LogP contribution in [0, 0.1) is 5.21 Å². The van der Waals surface area contributed by atoms with E-state index in [-0.39, 0.29) is 0 Å². The third-order valence-electron chi connectivity index (χ3n) is 2.17. The van der Waals surface area contributed by atoms with Crippen molar-refractivity contribution in [3.8, 4) is 0 Å². The number of nitrogens with zero attached hydrogens (tertiary/aromatic N) is 2. The summed E-state index contributed by atoms with van der Waals surface area (Å²) in [6.45, 7) is 0.